The number of aliphatic hydroxyl groups excluding tert-OH is 1. The topological polar surface area (TPSA) is 43.7 Å². The molecule has 0 unspecified atom stereocenters. The van der Waals surface area contributed by atoms with E-state index in [2.05, 4.69) is 0 Å². The molecule has 13 heavy (non-hydrogen) atoms. The van der Waals surface area contributed by atoms with E-state index < -0.39 is 6.29 Å². The third-order valence-electron chi connectivity index (χ3n) is 1.77. The van der Waals surface area contributed by atoms with Crippen LogP contribution in [0.4, 0.5) is 0 Å². The average molecular weight is 181 g/mol. The Labute approximate surface area is 78.2 Å². The summed E-state index contributed by atoms with van der Waals surface area (Å²) in [7, 11) is 1.85. The molecule has 0 bridgehead atoms. The van der Waals surface area contributed by atoms with Gasteiger partial charge in [-0.2, -0.15) is 0 Å². The quantitative estimate of drug-likeness (QED) is 0.662. The van der Waals surface area contributed by atoms with Gasteiger partial charge in [-0.15, -0.1) is 0 Å². The Kier molecular flexibility index (Phi) is 3.89. The lowest BCUT2D eigenvalue weighted by molar-refractivity contribution is -0.0584. The van der Waals surface area contributed by atoms with Gasteiger partial charge in [-0.3, -0.25) is 4.90 Å². The lowest BCUT2D eigenvalue weighted by Gasteiger charge is -2.17. The second-order valence-corrected chi connectivity index (χ2v) is 3.16. The van der Waals surface area contributed by atoms with Crippen LogP contribution >= 0.6 is 0 Å². The molecule has 0 aliphatic rings. The third kappa shape index (κ3) is 4.03. The summed E-state index contributed by atoms with van der Waals surface area (Å²) in [6.07, 6.45) is -1.26. The summed E-state index contributed by atoms with van der Waals surface area (Å²) in [6, 6.07) is 9.93. The Morgan fingerprint density at radius 2 is 1.85 bits per heavy atom. The monoisotopic (exact) mass is 181 g/mol. The molecule has 1 rings (SSSR count). The number of benzene rings is 1. The van der Waals surface area contributed by atoms with E-state index in [1.807, 2.05) is 42.3 Å². The van der Waals surface area contributed by atoms with Crippen LogP contribution in [-0.4, -0.2) is 35.0 Å². The maximum Gasteiger partial charge on any atom is 0.164 e. The zero-order valence-corrected chi connectivity index (χ0v) is 7.72. The molecule has 0 aliphatic carbocycles. The molecule has 2 N–H and O–H groups in total. The molecule has 0 saturated heterocycles. The molecule has 0 saturated carbocycles. The molecule has 0 aromatic heterocycles. The first kappa shape index (κ1) is 10.2. The molecule has 0 aliphatic heterocycles. The molecule has 1 aromatic rings. The Bertz CT molecular complexity index is 236. The van der Waals surface area contributed by atoms with Gasteiger partial charge in [-0.25, -0.2) is 0 Å². The molecule has 3 heteroatoms. The van der Waals surface area contributed by atoms with E-state index in [4.69, 9.17) is 10.2 Å². The van der Waals surface area contributed by atoms with Crippen LogP contribution in [0.2, 0.25) is 0 Å². The molecule has 0 amide bonds. The largest absolute Gasteiger partial charge is 0.367 e. The van der Waals surface area contributed by atoms with Crippen LogP contribution in [0.25, 0.3) is 0 Å². The van der Waals surface area contributed by atoms with Crippen molar-refractivity contribution in [2.45, 2.75) is 12.8 Å². The highest BCUT2D eigenvalue weighted by Gasteiger charge is 2.03. The Morgan fingerprint density at radius 3 is 2.38 bits per heavy atom. The van der Waals surface area contributed by atoms with Gasteiger partial charge in [0.05, 0.1) is 0 Å². The molecule has 0 heterocycles. The van der Waals surface area contributed by atoms with Gasteiger partial charge in [-0.1, -0.05) is 30.3 Å². The summed E-state index contributed by atoms with van der Waals surface area (Å²) in [5.41, 5.74) is 1.17. The van der Waals surface area contributed by atoms with E-state index in [1.54, 1.807) is 0 Å². The van der Waals surface area contributed by atoms with Gasteiger partial charge < -0.3 is 10.2 Å². The standard InChI is InChI=1S/C10H15NO2/c1-11(8-10(12)13)7-9-5-3-2-4-6-9/h2-6,10,12-13H,7-8H2,1H3. The minimum atomic E-state index is -1.26. The van der Waals surface area contributed by atoms with Crippen molar-refractivity contribution in [1.29, 1.82) is 0 Å². The summed E-state index contributed by atoms with van der Waals surface area (Å²) < 4.78 is 0. The Hall–Kier alpha value is -0.900. The lowest BCUT2D eigenvalue weighted by atomic mass is 10.2. The first-order valence-corrected chi connectivity index (χ1v) is 4.27. The van der Waals surface area contributed by atoms with Crippen molar-refractivity contribution in [3.05, 3.63) is 35.9 Å². The molecule has 3 nitrogen and oxygen atoms in total. The number of likely N-dealkylation sites (N-methyl/N-ethyl adjacent to an activating group) is 1. The van der Waals surface area contributed by atoms with Gasteiger partial charge >= 0.3 is 0 Å². The van der Waals surface area contributed by atoms with Crippen LogP contribution in [0.1, 0.15) is 5.56 Å². The van der Waals surface area contributed by atoms with Gasteiger partial charge in [0.25, 0.3) is 0 Å². The van der Waals surface area contributed by atoms with Crippen molar-refractivity contribution < 1.29 is 10.2 Å². The normalized spacial score (nSPS) is 11.2. The molecule has 0 spiro atoms. The first-order chi connectivity index (χ1) is 6.18. The van der Waals surface area contributed by atoms with E-state index in [-0.39, 0.29) is 6.54 Å². The summed E-state index contributed by atoms with van der Waals surface area (Å²) in [5.74, 6) is 0. The predicted molar refractivity (Wildman–Crippen MR) is 51.0 cm³/mol. The van der Waals surface area contributed by atoms with Crippen molar-refractivity contribution in [2.24, 2.45) is 0 Å². The number of aliphatic hydroxyl groups is 2. The van der Waals surface area contributed by atoms with Crippen LogP contribution in [-0.2, 0) is 6.54 Å². The number of nitrogens with zero attached hydrogens (tertiary/aromatic N) is 1. The fourth-order valence-electron chi connectivity index (χ4n) is 1.24. The Balaban J connectivity index is 2.41. The number of rotatable bonds is 4. The fourth-order valence-corrected chi connectivity index (χ4v) is 1.24. The molecule has 1 aromatic carbocycles. The van der Waals surface area contributed by atoms with Crippen molar-refractivity contribution in [3.8, 4) is 0 Å². The summed E-state index contributed by atoms with van der Waals surface area (Å²) in [6.45, 7) is 1.01. The van der Waals surface area contributed by atoms with E-state index in [0.717, 1.165) is 6.54 Å². The zero-order chi connectivity index (χ0) is 9.68. The molecular formula is C10H15NO2. The first-order valence-electron chi connectivity index (χ1n) is 4.27. The maximum absolute atomic E-state index is 8.71. The molecule has 72 valence electrons. The summed E-state index contributed by atoms with van der Waals surface area (Å²) in [5, 5.41) is 17.4. The van der Waals surface area contributed by atoms with Crippen molar-refractivity contribution in [3.63, 3.8) is 0 Å². The minimum Gasteiger partial charge on any atom is -0.367 e. The molecule has 0 atom stereocenters. The highest BCUT2D eigenvalue weighted by atomic mass is 16.5. The summed E-state index contributed by atoms with van der Waals surface area (Å²) in [4.78, 5) is 1.86. The van der Waals surface area contributed by atoms with Crippen molar-refractivity contribution >= 4 is 0 Å². The Morgan fingerprint density at radius 1 is 1.23 bits per heavy atom. The zero-order valence-electron chi connectivity index (χ0n) is 7.72. The molecular weight excluding hydrogens is 166 g/mol. The lowest BCUT2D eigenvalue weighted by Crippen LogP contribution is -2.28. The second kappa shape index (κ2) is 4.97. The van der Waals surface area contributed by atoms with E-state index in [9.17, 15) is 0 Å². The molecule has 0 fully saturated rings. The van der Waals surface area contributed by atoms with Crippen LogP contribution in [0.5, 0.6) is 0 Å². The van der Waals surface area contributed by atoms with E-state index in [1.165, 1.54) is 5.56 Å². The fraction of sp³-hybridized carbons (Fsp3) is 0.400. The second-order valence-electron chi connectivity index (χ2n) is 3.16. The van der Waals surface area contributed by atoms with E-state index >= 15 is 0 Å². The van der Waals surface area contributed by atoms with Crippen molar-refractivity contribution in [2.75, 3.05) is 13.6 Å². The highest BCUT2D eigenvalue weighted by molar-refractivity contribution is 5.14. The van der Waals surface area contributed by atoms with Gasteiger partial charge in [-0.05, 0) is 12.6 Å². The van der Waals surface area contributed by atoms with Crippen LogP contribution < -0.4 is 0 Å². The SMILES string of the molecule is CN(Cc1ccccc1)CC(O)O. The number of hydrogen-bond acceptors (Lipinski definition) is 3. The van der Waals surface area contributed by atoms with Gasteiger partial charge in [0.15, 0.2) is 6.29 Å². The van der Waals surface area contributed by atoms with Crippen LogP contribution in [0.15, 0.2) is 30.3 Å². The van der Waals surface area contributed by atoms with Crippen molar-refractivity contribution in [1.82, 2.24) is 4.90 Å². The van der Waals surface area contributed by atoms with Crippen LogP contribution in [0, 0.1) is 0 Å². The van der Waals surface area contributed by atoms with E-state index in [0.29, 0.717) is 0 Å². The maximum atomic E-state index is 8.71. The van der Waals surface area contributed by atoms with Gasteiger partial charge in [0.1, 0.15) is 0 Å². The van der Waals surface area contributed by atoms with Crippen LogP contribution in [0.3, 0.4) is 0 Å². The minimum absolute atomic E-state index is 0.273. The number of hydrogen-bond donors (Lipinski definition) is 2. The average Bonchev–Trinajstić information content (AvgIpc) is 2.04. The predicted octanol–water partition coefficient (Wildman–Crippen LogP) is 0.429. The highest BCUT2D eigenvalue weighted by Crippen LogP contribution is 2.02. The smallest absolute Gasteiger partial charge is 0.164 e. The summed E-state index contributed by atoms with van der Waals surface area (Å²) >= 11 is 0. The molecule has 0 radical (unpaired) electrons. The van der Waals surface area contributed by atoms with Gasteiger partial charge in [0.2, 0.25) is 0 Å². The van der Waals surface area contributed by atoms with Gasteiger partial charge in [0, 0.05) is 13.1 Å². The third-order valence-corrected chi connectivity index (χ3v) is 1.77.